The molecule has 0 fully saturated rings. The first kappa shape index (κ1) is 14.6. The van der Waals surface area contributed by atoms with Gasteiger partial charge in [0, 0.05) is 24.7 Å². The average molecular weight is 270 g/mol. The Kier molecular flexibility index (Phi) is 5.59. The summed E-state index contributed by atoms with van der Waals surface area (Å²) in [5, 5.41) is 3.38. The Labute approximate surface area is 120 Å². The minimum Gasteiger partial charge on any atom is -0.489 e. The van der Waals surface area contributed by atoms with Gasteiger partial charge in [0.05, 0.1) is 0 Å². The zero-order valence-corrected chi connectivity index (χ0v) is 11.9. The summed E-state index contributed by atoms with van der Waals surface area (Å²) in [6.45, 7) is 4.06. The number of para-hydroxylation sites is 1. The molecular weight excluding hydrogens is 248 g/mol. The van der Waals surface area contributed by atoms with E-state index in [1.54, 1.807) is 0 Å². The normalized spacial score (nSPS) is 12.1. The van der Waals surface area contributed by atoms with Crippen molar-refractivity contribution in [3.8, 4) is 5.75 Å². The van der Waals surface area contributed by atoms with Gasteiger partial charge >= 0.3 is 0 Å². The summed E-state index contributed by atoms with van der Waals surface area (Å²) in [4.78, 5) is 0. The van der Waals surface area contributed by atoms with Crippen LogP contribution in [0.1, 0.15) is 18.1 Å². The maximum Gasteiger partial charge on any atom is 0.124 e. The van der Waals surface area contributed by atoms with Gasteiger partial charge < -0.3 is 15.8 Å². The van der Waals surface area contributed by atoms with Crippen LogP contribution >= 0.6 is 0 Å². The van der Waals surface area contributed by atoms with Gasteiger partial charge in [-0.15, -0.1) is 0 Å². The summed E-state index contributed by atoms with van der Waals surface area (Å²) in [6, 6.07) is 18.6. The van der Waals surface area contributed by atoms with Gasteiger partial charge in [-0.2, -0.15) is 0 Å². The molecule has 0 spiro atoms. The average Bonchev–Trinajstić information content (AvgIpc) is 2.52. The van der Waals surface area contributed by atoms with Gasteiger partial charge in [0.2, 0.25) is 0 Å². The largest absolute Gasteiger partial charge is 0.489 e. The second kappa shape index (κ2) is 7.68. The van der Waals surface area contributed by atoms with Gasteiger partial charge in [-0.25, -0.2) is 0 Å². The van der Waals surface area contributed by atoms with E-state index in [-0.39, 0.29) is 0 Å². The summed E-state index contributed by atoms with van der Waals surface area (Å²) in [7, 11) is 0. The maximum atomic E-state index is 5.92. The monoisotopic (exact) mass is 270 g/mol. The summed E-state index contributed by atoms with van der Waals surface area (Å²) in [6.07, 6.45) is 0. The molecule has 0 aromatic heterocycles. The van der Waals surface area contributed by atoms with E-state index in [1.807, 2.05) is 36.4 Å². The van der Waals surface area contributed by atoms with Gasteiger partial charge in [-0.05, 0) is 18.6 Å². The van der Waals surface area contributed by atoms with Crippen LogP contribution in [0.2, 0.25) is 0 Å². The van der Waals surface area contributed by atoms with Crippen molar-refractivity contribution in [1.82, 2.24) is 5.32 Å². The lowest BCUT2D eigenvalue weighted by molar-refractivity contribution is 0.301. The fourth-order valence-electron chi connectivity index (χ4n) is 1.89. The second-order valence-electron chi connectivity index (χ2n) is 4.90. The molecular formula is C17H22N2O. The molecule has 3 N–H and O–H groups in total. The van der Waals surface area contributed by atoms with E-state index in [1.165, 1.54) is 5.56 Å². The fourth-order valence-corrected chi connectivity index (χ4v) is 1.89. The summed E-state index contributed by atoms with van der Waals surface area (Å²) in [5.74, 6) is 0.924. The molecule has 0 saturated heterocycles. The highest BCUT2D eigenvalue weighted by atomic mass is 16.5. The molecule has 0 aliphatic carbocycles. The number of rotatable bonds is 7. The van der Waals surface area contributed by atoms with Crippen LogP contribution in [0.15, 0.2) is 54.6 Å². The summed E-state index contributed by atoms with van der Waals surface area (Å²) >= 11 is 0. The lowest BCUT2D eigenvalue weighted by Crippen LogP contribution is -2.32. The Morgan fingerprint density at radius 1 is 1.05 bits per heavy atom. The molecule has 2 rings (SSSR count). The highest BCUT2D eigenvalue weighted by Crippen LogP contribution is 2.19. The second-order valence-corrected chi connectivity index (χ2v) is 4.90. The number of hydrogen-bond donors (Lipinski definition) is 2. The molecule has 2 aromatic carbocycles. The highest BCUT2D eigenvalue weighted by Gasteiger charge is 2.05. The SMILES string of the molecule is C[C@@H](CN)NCc1ccccc1OCc1ccccc1. The van der Waals surface area contributed by atoms with Crippen molar-refractivity contribution < 1.29 is 4.74 Å². The number of benzene rings is 2. The van der Waals surface area contributed by atoms with Crippen LogP contribution in [0.5, 0.6) is 5.75 Å². The third kappa shape index (κ3) is 4.37. The van der Waals surface area contributed by atoms with E-state index in [9.17, 15) is 0 Å². The van der Waals surface area contributed by atoms with Crippen LogP contribution in [0.3, 0.4) is 0 Å². The molecule has 0 heterocycles. The number of hydrogen-bond acceptors (Lipinski definition) is 3. The quantitative estimate of drug-likeness (QED) is 0.813. The molecule has 0 aliphatic rings. The lowest BCUT2D eigenvalue weighted by atomic mass is 10.2. The zero-order chi connectivity index (χ0) is 14.2. The molecule has 0 bridgehead atoms. The van der Waals surface area contributed by atoms with Crippen molar-refractivity contribution in [2.45, 2.75) is 26.1 Å². The van der Waals surface area contributed by atoms with Gasteiger partial charge in [-0.3, -0.25) is 0 Å². The maximum absolute atomic E-state index is 5.92. The Hall–Kier alpha value is -1.84. The van der Waals surface area contributed by atoms with E-state index < -0.39 is 0 Å². The predicted octanol–water partition coefficient (Wildman–Crippen LogP) is 2.70. The molecule has 0 amide bonds. The lowest BCUT2D eigenvalue weighted by Gasteiger charge is -2.15. The first-order valence-electron chi connectivity index (χ1n) is 6.97. The predicted molar refractivity (Wildman–Crippen MR) is 82.6 cm³/mol. The van der Waals surface area contributed by atoms with Gasteiger partial charge in [-0.1, -0.05) is 48.5 Å². The molecule has 0 saturated carbocycles. The molecule has 106 valence electrons. The standard InChI is InChI=1S/C17H22N2O/c1-14(11-18)19-12-16-9-5-6-10-17(16)20-13-15-7-3-2-4-8-15/h2-10,14,19H,11-13,18H2,1H3/t14-/m0/s1. The van der Waals surface area contributed by atoms with Crippen LogP contribution < -0.4 is 15.8 Å². The summed E-state index contributed by atoms with van der Waals surface area (Å²) < 4.78 is 5.92. The minimum atomic E-state index is 0.303. The van der Waals surface area contributed by atoms with Gasteiger partial charge in [0.1, 0.15) is 12.4 Å². The topological polar surface area (TPSA) is 47.3 Å². The van der Waals surface area contributed by atoms with Crippen molar-refractivity contribution >= 4 is 0 Å². The number of nitrogens with two attached hydrogens (primary N) is 1. The van der Waals surface area contributed by atoms with Crippen LogP contribution in [0, 0.1) is 0 Å². The van der Waals surface area contributed by atoms with Crippen molar-refractivity contribution in [1.29, 1.82) is 0 Å². The Balaban J connectivity index is 1.97. The van der Waals surface area contributed by atoms with Crippen molar-refractivity contribution in [3.63, 3.8) is 0 Å². The number of nitrogens with one attached hydrogen (secondary N) is 1. The fraction of sp³-hybridized carbons (Fsp3) is 0.294. The molecule has 0 aliphatic heterocycles. The smallest absolute Gasteiger partial charge is 0.124 e. The molecule has 2 aromatic rings. The van der Waals surface area contributed by atoms with Crippen molar-refractivity contribution in [2.75, 3.05) is 6.54 Å². The van der Waals surface area contributed by atoms with E-state index >= 15 is 0 Å². The third-order valence-corrected chi connectivity index (χ3v) is 3.20. The van der Waals surface area contributed by atoms with Crippen molar-refractivity contribution in [2.24, 2.45) is 5.73 Å². The molecule has 0 unspecified atom stereocenters. The van der Waals surface area contributed by atoms with Gasteiger partial charge in [0.15, 0.2) is 0 Å². The Morgan fingerprint density at radius 3 is 2.50 bits per heavy atom. The molecule has 3 nitrogen and oxygen atoms in total. The third-order valence-electron chi connectivity index (χ3n) is 3.20. The van der Waals surface area contributed by atoms with Crippen LogP contribution in [-0.2, 0) is 13.2 Å². The van der Waals surface area contributed by atoms with E-state index in [0.717, 1.165) is 17.9 Å². The molecule has 20 heavy (non-hydrogen) atoms. The van der Waals surface area contributed by atoms with E-state index in [0.29, 0.717) is 19.2 Å². The Bertz CT molecular complexity index is 513. The zero-order valence-electron chi connectivity index (χ0n) is 11.9. The number of ether oxygens (including phenoxy) is 1. The molecule has 1 atom stereocenters. The van der Waals surface area contributed by atoms with Gasteiger partial charge in [0.25, 0.3) is 0 Å². The first-order valence-corrected chi connectivity index (χ1v) is 6.97. The van der Waals surface area contributed by atoms with Crippen LogP contribution in [-0.4, -0.2) is 12.6 Å². The van der Waals surface area contributed by atoms with Crippen molar-refractivity contribution in [3.05, 3.63) is 65.7 Å². The molecule has 0 radical (unpaired) electrons. The minimum absolute atomic E-state index is 0.303. The summed E-state index contributed by atoms with van der Waals surface area (Å²) in [5.41, 5.74) is 7.94. The highest BCUT2D eigenvalue weighted by molar-refractivity contribution is 5.33. The Morgan fingerprint density at radius 2 is 1.75 bits per heavy atom. The molecule has 3 heteroatoms. The van der Waals surface area contributed by atoms with Crippen LogP contribution in [0.4, 0.5) is 0 Å². The van der Waals surface area contributed by atoms with Crippen LogP contribution in [0.25, 0.3) is 0 Å². The van der Waals surface area contributed by atoms with E-state index in [4.69, 9.17) is 10.5 Å². The van der Waals surface area contributed by atoms with E-state index in [2.05, 4.69) is 30.4 Å². The first-order chi connectivity index (χ1) is 9.79.